The van der Waals surface area contributed by atoms with Crippen LogP contribution in [0.2, 0.25) is 0 Å². The second kappa shape index (κ2) is 7.43. The zero-order valence-electron chi connectivity index (χ0n) is 9.57. The van der Waals surface area contributed by atoms with E-state index in [1.54, 1.807) is 0 Å². The van der Waals surface area contributed by atoms with E-state index in [1.807, 2.05) is 18.7 Å². The molecule has 0 spiro atoms. The quantitative estimate of drug-likeness (QED) is 0.475. The van der Waals surface area contributed by atoms with E-state index in [4.69, 9.17) is 5.11 Å². The first-order valence-corrected chi connectivity index (χ1v) is 5.36. The summed E-state index contributed by atoms with van der Waals surface area (Å²) in [7, 11) is 0. The molecule has 4 heteroatoms. The van der Waals surface area contributed by atoms with Gasteiger partial charge in [0.2, 0.25) is 0 Å². The molecule has 0 aliphatic heterocycles. The molecular formula is C11H21NO3. The number of rotatable bonds is 8. The van der Waals surface area contributed by atoms with Gasteiger partial charge in [0.15, 0.2) is 0 Å². The summed E-state index contributed by atoms with van der Waals surface area (Å²) in [4.78, 5) is 12.4. The Labute approximate surface area is 91.2 Å². The Morgan fingerprint density at radius 2 is 1.93 bits per heavy atom. The fourth-order valence-electron chi connectivity index (χ4n) is 1.43. The van der Waals surface area contributed by atoms with E-state index in [1.165, 1.54) is 0 Å². The van der Waals surface area contributed by atoms with Crippen molar-refractivity contribution in [2.75, 3.05) is 13.1 Å². The molecule has 0 amide bonds. The van der Waals surface area contributed by atoms with Crippen LogP contribution in [0.25, 0.3) is 0 Å². The second-order valence-electron chi connectivity index (χ2n) is 3.50. The monoisotopic (exact) mass is 215 g/mol. The van der Waals surface area contributed by atoms with Gasteiger partial charge in [0, 0.05) is 5.57 Å². The summed E-state index contributed by atoms with van der Waals surface area (Å²) >= 11 is 0. The lowest BCUT2D eigenvalue weighted by atomic mass is 10.1. The maximum atomic E-state index is 10.4. The van der Waals surface area contributed by atoms with Crippen molar-refractivity contribution in [1.29, 1.82) is 0 Å². The number of aliphatic hydroxyl groups is 1. The Morgan fingerprint density at radius 1 is 1.40 bits per heavy atom. The molecule has 1 atom stereocenters. The van der Waals surface area contributed by atoms with Crippen LogP contribution >= 0.6 is 0 Å². The Morgan fingerprint density at radius 3 is 2.33 bits per heavy atom. The number of carbonyl (C=O) groups is 1. The lowest BCUT2D eigenvalue weighted by Crippen LogP contribution is -2.34. The maximum absolute atomic E-state index is 10.4. The van der Waals surface area contributed by atoms with E-state index in [9.17, 15) is 9.90 Å². The van der Waals surface area contributed by atoms with Crippen molar-refractivity contribution >= 4 is 5.97 Å². The molecule has 0 aromatic carbocycles. The molecule has 0 aromatic heterocycles. The van der Waals surface area contributed by atoms with Crippen LogP contribution < -0.4 is 0 Å². The van der Waals surface area contributed by atoms with Crippen LogP contribution in [0.4, 0.5) is 0 Å². The van der Waals surface area contributed by atoms with Crippen LogP contribution in [0.5, 0.6) is 0 Å². The minimum Gasteiger partial charge on any atom is -0.478 e. The van der Waals surface area contributed by atoms with Crippen LogP contribution in [0.15, 0.2) is 12.2 Å². The Bertz CT molecular complexity index is 212. The highest BCUT2D eigenvalue weighted by atomic mass is 16.4. The molecule has 0 saturated carbocycles. The van der Waals surface area contributed by atoms with Crippen molar-refractivity contribution in [3.8, 4) is 0 Å². The minimum absolute atomic E-state index is 0.210. The molecule has 88 valence electrons. The molecule has 0 aromatic rings. The molecule has 0 radical (unpaired) electrons. The van der Waals surface area contributed by atoms with E-state index in [-0.39, 0.29) is 5.57 Å². The largest absolute Gasteiger partial charge is 0.478 e. The third-order valence-electron chi connectivity index (χ3n) is 2.48. The number of carboxylic acids is 1. The number of carboxylic acid groups (broad SMARTS) is 1. The van der Waals surface area contributed by atoms with Crippen molar-refractivity contribution in [2.45, 2.75) is 39.3 Å². The predicted octanol–water partition coefficient (Wildman–Crippen LogP) is 1.46. The molecule has 0 bridgehead atoms. The highest BCUT2D eigenvalue weighted by Gasteiger charge is 2.12. The summed E-state index contributed by atoms with van der Waals surface area (Å²) in [5, 5.41) is 18.3. The van der Waals surface area contributed by atoms with Crippen LogP contribution in [0, 0.1) is 0 Å². The average Bonchev–Trinajstić information content (AvgIpc) is 2.19. The highest BCUT2D eigenvalue weighted by molar-refractivity contribution is 5.85. The predicted molar refractivity (Wildman–Crippen MR) is 59.6 cm³/mol. The molecule has 0 saturated heterocycles. The van der Waals surface area contributed by atoms with Crippen molar-refractivity contribution in [1.82, 2.24) is 4.90 Å². The number of hydrogen-bond acceptors (Lipinski definition) is 3. The molecule has 0 rings (SSSR count). The maximum Gasteiger partial charge on any atom is 0.330 e. The summed E-state index contributed by atoms with van der Waals surface area (Å²) in [6.07, 6.45) is 1.21. The fourth-order valence-corrected chi connectivity index (χ4v) is 1.43. The first-order valence-electron chi connectivity index (χ1n) is 5.36. The highest BCUT2D eigenvalue weighted by Crippen LogP contribution is 2.10. The van der Waals surface area contributed by atoms with E-state index in [0.717, 1.165) is 13.1 Å². The van der Waals surface area contributed by atoms with Gasteiger partial charge in [0.05, 0.1) is 0 Å². The van der Waals surface area contributed by atoms with Crippen LogP contribution in [0.1, 0.15) is 33.1 Å². The normalized spacial score (nSPS) is 12.8. The molecule has 15 heavy (non-hydrogen) atoms. The number of hydrogen-bond donors (Lipinski definition) is 2. The van der Waals surface area contributed by atoms with E-state index in [2.05, 4.69) is 6.58 Å². The van der Waals surface area contributed by atoms with E-state index < -0.39 is 12.2 Å². The smallest absolute Gasteiger partial charge is 0.330 e. The average molecular weight is 215 g/mol. The SMILES string of the molecule is C=C(CCCC(O)N(CC)CC)C(=O)O. The summed E-state index contributed by atoms with van der Waals surface area (Å²) in [6, 6.07) is 0. The lowest BCUT2D eigenvalue weighted by molar-refractivity contribution is -0.132. The minimum atomic E-state index is -0.952. The van der Waals surface area contributed by atoms with E-state index >= 15 is 0 Å². The molecule has 2 N–H and O–H groups in total. The van der Waals surface area contributed by atoms with Crippen molar-refractivity contribution in [2.24, 2.45) is 0 Å². The first-order chi connectivity index (χ1) is 7.02. The second-order valence-corrected chi connectivity index (χ2v) is 3.50. The molecule has 0 aliphatic rings. The summed E-state index contributed by atoms with van der Waals surface area (Å²) < 4.78 is 0. The van der Waals surface area contributed by atoms with Crippen LogP contribution in [-0.4, -0.2) is 40.4 Å². The molecule has 0 fully saturated rings. The third kappa shape index (κ3) is 5.54. The standard InChI is InChI=1S/C11H21NO3/c1-4-12(5-2)10(13)8-6-7-9(3)11(14)15/h10,13H,3-8H2,1-2H3,(H,14,15). The van der Waals surface area contributed by atoms with E-state index in [0.29, 0.717) is 19.3 Å². The number of aliphatic hydroxyl groups excluding tert-OH is 1. The molecule has 1 unspecified atom stereocenters. The topological polar surface area (TPSA) is 60.8 Å². The number of nitrogens with zero attached hydrogens (tertiary/aromatic N) is 1. The molecule has 4 nitrogen and oxygen atoms in total. The summed E-state index contributed by atoms with van der Waals surface area (Å²) in [6.45, 7) is 9.03. The Hall–Kier alpha value is -0.870. The molecular weight excluding hydrogens is 194 g/mol. The molecule has 0 heterocycles. The van der Waals surface area contributed by atoms with Gasteiger partial charge in [0.1, 0.15) is 6.23 Å². The van der Waals surface area contributed by atoms with Crippen molar-refractivity contribution in [3.63, 3.8) is 0 Å². The van der Waals surface area contributed by atoms with Gasteiger partial charge in [0.25, 0.3) is 0 Å². The van der Waals surface area contributed by atoms with Crippen LogP contribution in [-0.2, 0) is 4.79 Å². The van der Waals surface area contributed by atoms with Gasteiger partial charge in [-0.15, -0.1) is 0 Å². The third-order valence-corrected chi connectivity index (χ3v) is 2.48. The van der Waals surface area contributed by atoms with Gasteiger partial charge in [-0.2, -0.15) is 0 Å². The van der Waals surface area contributed by atoms with Crippen molar-refractivity contribution in [3.05, 3.63) is 12.2 Å². The van der Waals surface area contributed by atoms with Crippen molar-refractivity contribution < 1.29 is 15.0 Å². The zero-order chi connectivity index (χ0) is 11.8. The van der Waals surface area contributed by atoms with Gasteiger partial charge < -0.3 is 10.2 Å². The van der Waals surface area contributed by atoms with Gasteiger partial charge in [-0.05, 0) is 32.4 Å². The Balaban J connectivity index is 3.76. The van der Waals surface area contributed by atoms with Gasteiger partial charge in [-0.3, -0.25) is 4.90 Å². The zero-order valence-corrected chi connectivity index (χ0v) is 9.57. The molecule has 0 aliphatic carbocycles. The Kier molecular flexibility index (Phi) is 6.99. The van der Waals surface area contributed by atoms with Gasteiger partial charge in [-0.25, -0.2) is 4.79 Å². The van der Waals surface area contributed by atoms with Crippen LogP contribution in [0.3, 0.4) is 0 Å². The summed E-state index contributed by atoms with van der Waals surface area (Å²) in [5.74, 6) is -0.952. The lowest BCUT2D eigenvalue weighted by Gasteiger charge is -2.24. The first kappa shape index (κ1) is 14.1. The van der Waals surface area contributed by atoms with Gasteiger partial charge >= 0.3 is 5.97 Å². The number of aliphatic carboxylic acids is 1. The fraction of sp³-hybridized carbons (Fsp3) is 0.727. The van der Waals surface area contributed by atoms with Gasteiger partial charge in [-0.1, -0.05) is 20.4 Å². The summed E-state index contributed by atoms with van der Waals surface area (Å²) in [5.41, 5.74) is 0.210.